The highest BCUT2D eigenvalue weighted by molar-refractivity contribution is 5.70. The Morgan fingerprint density at radius 2 is 1.82 bits per heavy atom. The zero-order valence-electron chi connectivity index (χ0n) is 22.6. The van der Waals surface area contributed by atoms with Gasteiger partial charge in [-0.05, 0) is 83.2 Å². The van der Waals surface area contributed by atoms with E-state index in [1.807, 2.05) is 42.5 Å². The van der Waals surface area contributed by atoms with Gasteiger partial charge in [0, 0.05) is 12.0 Å². The van der Waals surface area contributed by atoms with Crippen molar-refractivity contribution in [1.29, 1.82) is 5.26 Å². The van der Waals surface area contributed by atoms with Crippen LogP contribution in [0.25, 0.3) is 11.1 Å². The third-order valence-corrected chi connectivity index (χ3v) is 6.35. The SMILES string of the molecule is COc1ccc(F)c(-c2ccc(OCc3cccc(C(CCCC#N)CC(=O)O)c3)cc2CC(C)(C)C)c1. The van der Waals surface area contributed by atoms with Gasteiger partial charge in [0.2, 0.25) is 0 Å². The molecule has 1 atom stereocenters. The van der Waals surface area contributed by atoms with E-state index in [9.17, 15) is 14.3 Å². The maximum atomic E-state index is 14.8. The molecule has 0 heterocycles. The standard InChI is InChI=1S/C32H36FNO4/c1-32(2,3)20-25-17-27(11-13-28(25)29-19-26(37-4)12-14-30(29)33)38-21-22-8-7-10-23(16-22)24(18-31(35)36)9-5-6-15-34/h7-8,10-14,16-17,19,24H,5-6,9,18,20-21H2,1-4H3,(H,35,36). The molecule has 0 aliphatic rings. The van der Waals surface area contributed by atoms with Crippen molar-refractivity contribution in [3.8, 4) is 28.7 Å². The largest absolute Gasteiger partial charge is 0.497 e. The molecule has 200 valence electrons. The summed E-state index contributed by atoms with van der Waals surface area (Å²) in [5, 5.41) is 18.2. The Labute approximate surface area is 224 Å². The molecule has 3 rings (SSSR count). The summed E-state index contributed by atoms with van der Waals surface area (Å²) in [7, 11) is 1.56. The molecule has 6 heteroatoms. The van der Waals surface area contributed by atoms with Crippen molar-refractivity contribution >= 4 is 5.97 Å². The number of carbonyl (C=O) groups is 1. The Hall–Kier alpha value is -3.85. The summed E-state index contributed by atoms with van der Waals surface area (Å²) in [6.07, 6.45) is 2.46. The monoisotopic (exact) mass is 517 g/mol. The number of rotatable bonds is 12. The Balaban J connectivity index is 1.84. The predicted octanol–water partition coefficient (Wildman–Crippen LogP) is 7.92. The average molecular weight is 518 g/mol. The van der Waals surface area contributed by atoms with Crippen LogP contribution in [-0.4, -0.2) is 18.2 Å². The third kappa shape index (κ3) is 8.34. The number of nitriles is 1. The van der Waals surface area contributed by atoms with Crippen LogP contribution in [-0.2, 0) is 17.8 Å². The first-order chi connectivity index (χ1) is 18.1. The number of aliphatic carboxylic acids is 1. The summed E-state index contributed by atoms with van der Waals surface area (Å²) in [4.78, 5) is 11.4. The summed E-state index contributed by atoms with van der Waals surface area (Å²) in [5.74, 6) is -0.0455. The number of nitrogens with zero attached hydrogens (tertiary/aromatic N) is 1. The second-order valence-electron chi connectivity index (χ2n) is 10.8. The Bertz CT molecular complexity index is 1290. The summed E-state index contributed by atoms with van der Waals surface area (Å²) in [6, 6.07) is 20.4. The highest BCUT2D eigenvalue weighted by Gasteiger charge is 2.19. The van der Waals surface area contributed by atoms with Crippen molar-refractivity contribution in [3.05, 3.63) is 83.2 Å². The van der Waals surface area contributed by atoms with Gasteiger partial charge in [0.15, 0.2) is 0 Å². The van der Waals surface area contributed by atoms with Gasteiger partial charge >= 0.3 is 5.97 Å². The highest BCUT2D eigenvalue weighted by atomic mass is 19.1. The summed E-state index contributed by atoms with van der Waals surface area (Å²) in [6.45, 7) is 6.74. The van der Waals surface area contributed by atoms with Gasteiger partial charge in [-0.1, -0.05) is 51.1 Å². The molecule has 0 radical (unpaired) electrons. The smallest absolute Gasteiger partial charge is 0.303 e. The van der Waals surface area contributed by atoms with Gasteiger partial charge in [0.05, 0.1) is 19.6 Å². The minimum Gasteiger partial charge on any atom is -0.497 e. The minimum atomic E-state index is -0.854. The lowest BCUT2D eigenvalue weighted by atomic mass is 9.84. The molecule has 5 nitrogen and oxygen atoms in total. The van der Waals surface area contributed by atoms with Crippen LogP contribution in [0.1, 0.15) is 69.1 Å². The molecule has 0 aliphatic heterocycles. The van der Waals surface area contributed by atoms with Crippen molar-refractivity contribution in [2.75, 3.05) is 7.11 Å². The van der Waals surface area contributed by atoms with Crippen LogP contribution in [0.3, 0.4) is 0 Å². The number of benzene rings is 3. The third-order valence-electron chi connectivity index (χ3n) is 6.35. The number of carboxylic acid groups (broad SMARTS) is 1. The summed E-state index contributed by atoms with van der Waals surface area (Å²) >= 11 is 0. The molecule has 38 heavy (non-hydrogen) atoms. The number of carboxylic acids is 1. The van der Waals surface area contributed by atoms with Gasteiger partial charge in [0.25, 0.3) is 0 Å². The maximum absolute atomic E-state index is 14.8. The first-order valence-corrected chi connectivity index (χ1v) is 12.9. The van der Waals surface area contributed by atoms with Crippen LogP contribution >= 0.6 is 0 Å². The van der Waals surface area contributed by atoms with Gasteiger partial charge in [-0.25, -0.2) is 4.39 Å². The maximum Gasteiger partial charge on any atom is 0.303 e. The Kier molecular flexibility index (Phi) is 9.90. The van der Waals surface area contributed by atoms with Crippen LogP contribution in [0.15, 0.2) is 60.7 Å². The molecule has 3 aromatic rings. The van der Waals surface area contributed by atoms with E-state index in [0.29, 0.717) is 42.9 Å². The molecule has 0 aromatic heterocycles. The quantitative estimate of drug-likeness (QED) is 0.247. The van der Waals surface area contributed by atoms with E-state index in [1.165, 1.54) is 6.07 Å². The van der Waals surface area contributed by atoms with Crippen LogP contribution in [0.5, 0.6) is 11.5 Å². The lowest BCUT2D eigenvalue weighted by Crippen LogP contribution is -2.11. The van der Waals surface area contributed by atoms with E-state index in [-0.39, 0.29) is 23.6 Å². The summed E-state index contributed by atoms with van der Waals surface area (Å²) in [5.41, 5.74) is 4.11. The van der Waals surface area contributed by atoms with E-state index in [1.54, 1.807) is 19.2 Å². The topological polar surface area (TPSA) is 79.5 Å². The summed E-state index contributed by atoms with van der Waals surface area (Å²) < 4.78 is 26.3. The molecular weight excluding hydrogens is 481 g/mol. The van der Waals surface area contributed by atoms with Crippen molar-refractivity contribution in [2.24, 2.45) is 5.41 Å². The van der Waals surface area contributed by atoms with Crippen molar-refractivity contribution in [2.45, 2.75) is 65.4 Å². The number of ether oxygens (including phenoxy) is 2. The fraction of sp³-hybridized carbons (Fsp3) is 0.375. The van der Waals surface area contributed by atoms with Crippen molar-refractivity contribution in [1.82, 2.24) is 0 Å². The van der Waals surface area contributed by atoms with Gasteiger partial charge in [-0.15, -0.1) is 0 Å². The second kappa shape index (κ2) is 13.1. The second-order valence-corrected chi connectivity index (χ2v) is 10.8. The van der Waals surface area contributed by atoms with E-state index < -0.39 is 5.97 Å². The van der Waals surface area contributed by atoms with Crippen molar-refractivity contribution < 1.29 is 23.8 Å². The molecule has 0 fully saturated rings. The fourth-order valence-electron chi connectivity index (χ4n) is 4.61. The molecule has 0 amide bonds. The number of hydrogen-bond acceptors (Lipinski definition) is 4. The van der Waals surface area contributed by atoms with E-state index >= 15 is 0 Å². The predicted molar refractivity (Wildman–Crippen MR) is 147 cm³/mol. The molecule has 3 aromatic carbocycles. The first kappa shape index (κ1) is 28.7. The molecule has 0 aliphatic carbocycles. The first-order valence-electron chi connectivity index (χ1n) is 12.9. The molecule has 0 bridgehead atoms. The Morgan fingerprint density at radius 3 is 2.50 bits per heavy atom. The van der Waals surface area contributed by atoms with Crippen molar-refractivity contribution in [3.63, 3.8) is 0 Å². The van der Waals surface area contributed by atoms with Gasteiger partial charge in [0.1, 0.15) is 23.9 Å². The molecule has 0 saturated heterocycles. The molecule has 0 spiro atoms. The van der Waals surface area contributed by atoms with Crippen LogP contribution in [0, 0.1) is 22.6 Å². The average Bonchev–Trinajstić information content (AvgIpc) is 2.87. The van der Waals surface area contributed by atoms with Crippen LogP contribution in [0.2, 0.25) is 0 Å². The minimum absolute atomic E-state index is 0.0220. The number of hydrogen-bond donors (Lipinski definition) is 1. The molecule has 1 N–H and O–H groups in total. The normalized spacial score (nSPS) is 12.0. The van der Waals surface area contributed by atoms with Gasteiger partial charge in [-0.2, -0.15) is 5.26 Å². The lowest BCUT2D eigenvalue weighted by Gasteiger charge is -2.22. The lowest BCUT2D eigenvalue weighted by molar-refractivity contribution is -0.137. The zero-order valence-corrected chi connectivity index (χ0v) is 22.6. The van der Waals surface area contributed by atoms with Crippen LogP contribution in [0.4, 0.5) is 4.39 Å². The zero-order chi connectivity index (χ0) is 27.7. The number of unbranched alkanes of at least 4 members (excludes halogenated alkanes) is 1. The number of methoxy groups -OCH3 is 1. The van der Waals surface area contributed by atoms with Crippen LogP contribution < -0.4 is 9.47 Å². The highest BCUT2D eigenvalue weighted by Crippen LogP contribution is 2.35. The van der Waals surface area contributed by atoms with E-state index in [2.05, 4.69) is 26.8 Å². The number of halogens is 1. The molecule has 0 saturated carbocycles. The fourth-order valence-corrected chi connectivity index (χ4v) is 4.61. The van der Waals surface area contributed by atoms with Gasteiger partial charge in [-0.3, -0.25) is 4.79 Å². The molecule has 1 unspecified atom stereocenters. The Morgan fingerprint density at radius 1 is 1.05 bits per heavy atom. The van der Waals surface area contributed by atoms with E-state index in [0.717, 1.165) is 28.7 Å². The van der Waals surface area contributed by atoms with E-state index in [4.69, 9.17) is 14.7 Å². The molecular formula is C32H36FNO4. The van der Waals surface area contributed by atoms with Gasteiger partial charge < -0.3 is 14.6 Å².